The first-order valence-corrected chi connectivity index (χ1v) is 6.42. The summed E-state index contributed by atoms with van der Waals surface area (Å²) < 4.78 is 5.77. The highest BCUT2D eigenvalue weighted by Crippen LogP contribution is 2.18. The van der Waals surface area contributed by atoms with Crippen molar-refractivity contribution in [3.63, 3.8) is 0 Å². The number of urea groups is 1. The molecule has 2 rings (SSSR count). The fourth-order valence-electron chi connectivity index (χ4n) is 1.79. The Balaban J connectivity index is 1.86. The molecule has 98 valence electrons. The molecule has 1 aromatic heterocycles. The number of nitrogens with one attached hydrogen (secondary N) is 1. The zero-order chi connectivity index (χ0) is 13.1. The van der Waals surface area contributed by atoms with Crippen LogP contribution in [0.3, 0.4) is 0 Å². The smallest absolute Gasteiger partial charge is 0.324 e. The van der Waals surface area contributed by atoms with E-state index in [2.05, 4.69) is 21.2 Å². The van der Waals surface area contributed by atoms with Crippen LogP contribution in [0.5, 0.6) is 0 Å². The number of carbonyl (C=O) groups excluding carboxylic acids is 2. The van der Waals surface area contributed by atoms with E-state index in [1.807, 2.05) is 0 Å². The van der Waals surface area contributed by atoms with E-state index in [9.17, 15) is 9.59 Å². The Labute approximate surface area is 113 Å². The van der Waals surface area contributed by atoms with Crippen LogP contribution in [0, 0.1) is 0 Å². The molecule has 2 heterocycles. The van der Waals surface area contributed by atoms with E-state index in [1.165, 1.54) is 6.92 Å². The quantitative estimate of drug-likeness (QED) is 0.858. The van der Waals surface area contributed by atoms with Gasteiger partial charge in [-0.15, -0.1) is 0 Å². The SMILES string of the molecule is CC(=O)N1CCN(C(=O)Nc2ccc(Br)o2)CC1. The summed E-state index contributed by atoms with van der Waals surface area (Å²) in [5.74, 6) is 0.450. The number of furan rings is 1. The Kier molecular flexibility index (Phi) is 3.90. The number of nitrogens with zero attached hydrogens (tertiary/aromatic N) is 2. The summed E-state index contributed by atoms with van der Waals surface area (Å²) in [4.78, 5) is 26.4. The summed E-state index contributed by atoms with van der Waals surface area (Å²) in [6, 6.07) is 3.18. The minimum atomic E-state index is -0.208. The zero-order valence-corrected chi connectivity index (χ0v) is 11.6. The van der Waals surface area contributed by atoms with Crippen LogP contribution in [-0.2, 0) is 4.79 Å². The van der Waals surface area contributed by atoms with Crippen LogP contribution in [0.2, 0.25) is 0 Å². The Morgan fingerprint density at radius 1 is 1.22 bits per heavy atom. The highest BCUT2D eigenvalue weighted by atomic mass is 79.9. The van der Waals surface area contributed by atoms with E-state index in [-0.39, 0.29) is 11.9 Å². The first-order chi connectivity index (χ1) is 8.56. The molecular formula is C11H14BrN3O3. The van der Waals surface area contributed by atoms with E-state index in [0.29, 0.717) is 36.7 Å². The lowest BCUT2D eigenvalue weighted by atomic mass is 10.3. The summed E-state index contributed by atoms with van der Waals surface area (Å²) in [7, 11) is 0. The van der Waals surface area contributed by atoms with E-state index in [4.69, 9.17) is 4.42 Å². The highest BCUT2D eigenvalue weighted by Gasteiger charge is 2.22. The van der Waals surface area contributed by atoms with E-state index >= 15 is 0 Å². The Hall–Kier alpha value is -1.50. The van der Waals surface area contributed by atoms with E-state index in [0.717, 1.165) is 0 Å². The summed E-state index contributed by atoms with van der Waals surface area (Å²) in [6.07, 6.45) is 0. The van der Waals surface area contributed by atoms with Gasteiger partial charge in [0, 0.05) is 39.2 Å². The molecule has 0 bridgehead atoms. The second-order valence-corrected chi connectivity index (χ2v) is 4.81. The van der Waals surface area contributed by atoms with Gasteiger partial charge >= 0.3 is 6.03 Å². The highest BCUT2D eigenvalue weighted by molar-refractivity contribution is 9.10. The normalized spacial score (nSPS) is 15.7. The zero-order valence-electron chi connectivity index (χ0n) is 9.98. The van der Waals surface area contributed by atoms with Crippen LogP contribution < -0.4 is 5.32 Å². The summed E-state index contributed by atoms with van der Waals surface area (Å²) in [5.41, 5.74) is 0. The van der Waals surface area contributed by atoms with Gasteiger partial charge in [-0.1, -0.05) is 0 Å². The molecule has 3 amide bonds. The molecular weight excluding hydrogens is 302 g/mol. The lowest BCUT2D eigenvalue weighted by Gasteiger charge is -2.33. The fraction of sp³-hybridized carbons (Fsp3) is 0.455. The average molecular weight is 316 g/mol. The number of rotatable bonds is 1. The number of hydrogen-bond donors (Lipinski definition) is 1. The number of amides is 3. The maximum Gasteiger partial charge on any atom is 0.324 e. The summed E-state index contributed by atoms with van der Waals surface area (Å²) in [5, 5.41) is 2.66. The largest absolute Gasteiger partial charge is 0.434 e. The van der Waals surface area contributed by atoms with Crippen molar-refractivity contribution >= 4 is 33.8 Å². The van der Waals surface area contributed by atoms with Crippen LogP contribution in [0.15, 0.2) is 21.2 Å². The molecule has 0 spiro atoms. The van der Waals surface area contributed by atoms with Crippen molar-refractivity contribution in [1.29, 1.82) is 0 Å². The number of hydrogen-bond acceptors (Lipinski definition) is 3. The van der Waals surface area contributed by atoms with Gasteiger partial charge in [0.05, 0.1) is 0 Å². The maximum absolute atomic E-state index is 11.9. The van der Waals surface area contributed by atoms with Crippen molar-refractivity contribution in [1.82, 2.24) is 9.80 Å². The number of carbonyl (C=O) groups is 2. The third-order valence-electron chi connectivity index (χ3n) is 2.82. The van der Waals surface area contributed by atoms with Crippen LogP contribution in [0.1, 0.15) is 6.92 Å². The lowest BCUT2D eigenvalue weighted by molar-refractivity contribution is -0.130. The van der Waals surface area contributed by atoms with Crippen LogP contribution in [-0.4, -0.2) is 47.9 Å². The van der Waals surface area contributed by atoms with E-state index in [1.54, 1.807) is 21.9 Å². The topological polar surface area (TPSA) is 65.8 Å². The standard InChI is InChI=1S/C11H14BrN3O3/c1-8(16)14-4-6-15(7-5-14)11(17)13-10-3-2-9(12)18-10/h2-3H,4-7H2,1H3,(H,13,17). The minimum Gasteiger partial charge on any atom is -0.434 e. The van der Waals surface area contributed by atoms with Crippen molar-refractivity contribution in [2.45, 2.75) is 6.92 Å². The lowest BCUT2D eigenvalue weighted by Crippen LogP contribution is -2.51. The van der Waals surface area contributed by atoms with Crippen molar-refractivity contribution in [2.75, 3.05) is 31.5 Å². The Bertz CT molecular complexity index is 452. The Morgan fingerprint density at radius 3 is 2.33 bits per heavy atom. The van der Waals surface area contributed by atoms with Gasteiger partial charge in [0.15, 0.2) is 4.67 Å². The molecule has 18 heavy (non-hydrogen) atoms. The van der Waals surface area contributed by atoms with Crippen molar-refractivity contribution < 1.29 is 14.0 Å². The van der Waals surface area contributed by atoms with Gasteiger partial charge in [0.2, 0.25) is 11.8 Å². The monoisotopic (exact) mass is 315 g/mol. The average Bonchev–Trinajstić information content (AvgIpc) is 2.75. The third kappa shape index (κ3) is 3.04. The van der Waals surface area contributed by atoms with Crippen LogP contribution in [0.25, 0.3) is 0 Å². The molecule has 1 N–H and O–H groups in total. The van der Waals surface area contributed by atoms with Crippen molar-refractivity contribution in [2.24, 2.45) is 0 Å². The first kappa shape index (κ1) is 12.9. The predicted octanol–water partition coefficient (Wildman–Crippen LogP) is 1.74. The van der Waals surface area contributed by atoms with Gasteiger partial charge in [0.25, 0.3) is 0 Å². The third-order valence-corrected chi connectivity index (χ3v) is 3.24. The van der Waals surface area contributed by atoms with E-state index < -0.39 is 0 Å². The molecule has 0 aliphatic carbocycles. The van der Waals surface area contributed by atoms with Gasteiger partial charge in [-0.2, -0.15) is 0 Å². The molecule has 0 saturated carbocycles. The molecule has 0 radical (unpaired) electrons. The van der Waals surface area contributed by atoms with Gasteiger partial charge in [-0.25, -0.2) is 4.79 Å². The van der Waals surface area contributed by atoms with Gasteiger partial charge in [0.1, 0.15) is 0 Å². The number of piperazine rings is 1. The van der Waals surface area contributed by atoms with Crippen molar-refractivity contribution in [3.05, 3.63) is 16.8 Å². The number of halogens is 1. The van der Waals surface area contributed by atoms with Crippen molar-refractivity contribution in [3.8, 4) is 0 Å². The van der Waals surface area contributed by atoms with Gasteiger partial charge < -0.3 is 14.2 Å². The second-order valence-electron chi connectivity index (χ2n) is 4.03. The predicted molar refractivity (Wildman–Crippen MR) is 69.3 cm³/mol. The molecule has 1 saturated heterocycles. The molecule has 6 nitrogen and oxygen atoms in total. The summed E-state index contributed by atoms with van der Waals surface area (Å²) >= 11 is 3.17. The molecule has 0 atom stereocenters. The molecule has 0 aromatic carbocycles. The maximum atomic E-state index is 11.9. The van der Waals surface area contributed by atoms with Gasteiger partial charge in [-0.05, 0) is 22.0 Å². The fourth-order valence-corrected chi connectivity index (χ4v) is 2.10. The molecule has 1 aromatic rings. The molecule has 1 fully saturated rings. The molecule has 1 aliphatic rings. The molecule has 7 heteroatoms. The summed E-state index contributed by atoms with van der Waals surface area (Å²) in [6.45, 7) is 3.76. The second kappa shape index (κ2) is 5.43. The molecule has 0 unspecified atom stereocenters. The first-order valence-electron chi connectivity index (χ1n) is 5.63. The molecule has 1 aliphatic heterocycles. The Morgan fingerprint density at radius 2 is 1.83 bits per heavy atom. The minimum absolute atomic E-state index is 0.0463. The van der Waals surface area contributed by atoms with Crippen LogP contribution in [0.4, 0.5) is 10.7 Å². The van der Waals surface area contributed by atoms with Crippen LogP contribution >= 0.6 is 15.9 Å². The number of anilines is 1. The van der Waals surface area contributed by atoms with Gasteiger partial charge in [-0.3, -0.25) is 10.1 Å².